The number of halogens is 1. The fraction of sp³-hybridized carbons (Fsp3) is 0.417. The van der Waals surface area contributed by atoms with Crippen LogP contribution in [0.25, 0.3) is 0 Å². The van der Waals surface area contributed by atoms with Crippen LogP contribution < -0.4 is 10.6 Å². The van der Waals surface area contributed by atoms with Gasteiger partial charge in [0.05, 0.1) is 11.8 Å². The molecule has 0 aliphatic carbocycles. The van der Waals surface area contributed by atoms with Gasteiger partial charge in [0.2, 0.25) is 0 Å². The molecule has 0 saturated carbocycles. The summed E-state index contributed by atoms with van der Waals surface area (Å²) in [7, 11) is 0. The molecule has 1 saturated heterocycles. The largest absolute Gasteiger partial charge is 0.376 e. The first-order valence-corrected chi connectivity index (χ1v) is 6.87. The van der Waals surface area contributed by atoms with Gasteiger partial charge in [0.15, 0.2) is 5.11 Å². The summed E-state index contributed by atoms with van der Waals surface area (Å²) in [4.78, 5) is 0. The van der Waals surface area contributed by atoms with Gasteiger partial charge < -0.3 is 15.4 Å². The van der Waals surface area contributed by atoms with E-state index in [-0.39, 0.29) is 0 Å². The average Bonchev–Trinajstić information content (AvgIpc) is 2.82. The molecule has 0 spiro atoms. The van der Waals surface area contributed by atoms with Crippen molar-refractivity contribution < 1.29 is 4.74 Å². The number of thiocarbonyl (C=S) groups is 1. The molecule has 1 aromatic carbocycles. The van der Waals surface area contributed by atoms with Crippen LogP contribution in [0.3, 0.4) is 0 Å². The van der Waals surface area contributed by atoms with Crippen LogP contribution in [0.15, 0.2) is 28.7 Å². The third-order valence-corrected chi connectivity index (χ3v) is 3.57. The Kier molecular flexibility index (Phi) is 4.76. The van der Waals surface area contributed by atoms with Crippen LogP contribution in [0.1, 0.15) is 12.8 Å². The summed E-state index contributed by atoms with van der Waals surface area (Å²) >= 11 is 8.70. The Balaban J connectivity index is 1.79. The molecule has 92 valence electrons. The summed E-state index contributed by atoms with van der Waals surface area (Å²) in [5.41, 5.74) is 0.970. The van der Waals surface area contributed by atoms with Crippen molar-refractivity contribution in [2.45, 2.75) is 18.9 Å². The molecular weight excluding hydrogens is 300 g/mol. The number of anilines is 1. The van der Waals surface area contributed by atoms with Crippen LogP contribution >= 0.6 is 28.1 Å². The Morgan fingerprint density at radius 1 is 1.47 bits per heavy atom. The molecule has 3 nitrogen and oxygen atoms in total. The van der Waals surface area contributed by atoms with Crippen LogP contribution in [0.2, 0.25) is 0 Å². The Morgan fingerprint density at radius 2 is 2.29 bits per heavy atom. The maximum Gasteiger partial charge on any atom is 0.170 e. The summed E-state index contributed by atoms with van der Waals surface area (Å²) in [6.45, 7) is 1.65. The average molecular weight is 315 g/mol. The van der Waals surface area contributed by atoms with Crippen molar-refractivity contribution >= 4 is 38.9 Å². The van der Waals surface area contributed by atoms with Crippen molar-refractivity contribution in [2.24, 2.45) is 0 Å². The van der Waals surface area contributed by atoms with Gasteiger partial charge in [0, 0.05) is 17.6 Å². The molecule has 0 bridgehead atoms. The minimum absolute atomic E-state index is 0.300. The second kappa shape index (κ2) is 6.33. The van der Waals surface area contributed by atoms with E-state index < -0.39 is 0 Å². The first-order chi connectivity index (χ1) is 8.25. The second-order valence-corrected chi connectivity index (χ2v) is 5.21. The smallest absolute Gasteiger partial charge is 0.170 e. The lowest BCUT2D eigenvalue weighted by Gasteiger charge is -2.14. The standard InChI is InChI=1S/C12H15BrN2OS/c13-10-5-1-2-6-11(10)15-12(17)14-8-9-4-3-7-16-9/h1-2,5-6,9H,3-4,7-8H2,(H2,14,15,17). The molecule has 1 fully saturated rings. The molecule has 5 heteroatoms. The van der Waals surface area contributed by atoms with E-state index in [2.05, 4.69) is 26.6 Å². The van der Waals surface area contributed by atoms with Crippen LogP contribution in [0, 0.1) is 0 Å². The molecule has 1 atom stereocenters. The maximum atomic E-state index is 5.52. The van der Waals surface area contributed by atoms with E-state index in [4.69, 9.17) is 17.0 Å². The molecular formula is C12H15BrN2OS. The zero-order chi connectivity index (χ0) is 12.1. The quantitative estimate of drug-likeness (QED) is 0.841. The minimum Gasteiger partial charge on any atom is -0.376 e. The van der Waals surface area contributed by atoms with Gasteiger partial charge >= 0.3 is 0 Å². The van der Waals surface area contributed by atoms with Gasteiger partial charge in [-0.1, -0.05) is 12.1 Å². The highest BCUT2D eigenvalue weighted by molar-refractivity contribution is 9.10. The number of para-hydroxylation sites is 1. The second-order valence-electron chi connectivity index (χ2n) is 3.95. The predicted octanol–water partition coefficient (Wildman–Crippen LogP) is 2.91. The van der Waals surface area contributed by atoms with Crippen molar-refractivity contribution in [3.05, 3.63) is 28.7 Å². The van der Waals surface area contributed by atoms with E-state index in [1.807, 2.05) is 24.3 Å². The summed E-state index contributed by atoms with van der Waals surface area (Å²) < 4.78 is 6.52. The minimum atomic E-state index is 0.300. The van der Waals surface area contributed by atoms with Gasteiger partial charge in [0.25, 0.3) is 0 Å². The number of ether oxygens (including phenoxy) is 1. The number of benzene rings is 1. The molecule has 1 aliphatic rings. The van der Waals surface area contributed by atoms with Crippen molar-refractivity contribution in [3.63, 3.8) is 0 Å². The molecule has 2 rings (SSSR count). The monoisotopic (exact) mass is 314 g/mol. The van der Waals surface area contributed by atoms with Crippen molar-refractivity contribution in [1.82, 2.24) is 5.32 Å². The molecule has 1 aromatic rings. The predicted molar refractivity (Wildman–Crippen MR) is 77.3 cm³/mol. The lowest BCUT2D eigenvalue weighted by atomic mass is 10.2. The van der Waals surface area contributed by atoms with E-state index in [9.17, 15) is 0 Å². The third-order valence-electron chi connectivity index (χ3n) is 2.64. The van der Waals surface area contributed by atoms with Crippen molar-refractivity contribution in [3.8, 4) is 0 Å². The maximum absolute atomic E-state index is 5.52. The van der Waals surface area contributed by atoms with Gasteiger partial charge in [-0.05, 0) is 53.1 Å². The molecule has 2 N–H and O–H groups in total. The number of hydrogen-bond acceptors (Lipinski definition) is 2. The van der Waals surface area contributed by atoms with Crippen LogP contribution in [-0.2, 0) is 4.74 Å². The van der Waals surface area contributed by atoms with E-state index in [1.54, 1.807) is 0 Å². The van der Waals surface area contributed by atoms with Gasteiger partial charge in [-0.15, -0.1) is 0 Å². The Morgan fingerprint density at radius 3 is 3.00 bits per heavy atom. The van der Waals surface area contributed by atoms with E-state index >= 15 is 0 Å². The van der Waals surface area contributed by atoms with Crippen LogP contribution in [0.4, 0.5) is 5.69 Å². The highest BCUT2D eigenvalue weighted by Crippen LogP contribution is 2.20. The molecule has 0 radical (unpaired) electrons. The van der Waals surface area contributed by atoms with Gasteiger partial charge in [-0.3, -0.25) is 0 Å². The summed E-state index contributed by atoms with van der Waals surface area (Å²) in [6.07, 6.45) is 2.57. The first kappa shape index (κ1) is 12.8. The normalized spacial score (nSPS) is 19.0. The third kappa shape index (κ3) is 3.94. The lowest BCUT2D eigenvalue weighted by molar-refractivity contribution is 0.114. The first-order valence-electron chi connectivity index (χ1n) is 5.66. The summed E-state index contributed by atoms with van der Waals surface area (Å²) in [5.74, 6) is 0. The zero-order valence-electron chi connectivity index (χ0n) is 9.41. The molecule has 1 aliphatic heterocycles. The van der Waals surface area contributed by atoms with Crippen LogP contribution in [-0.4, -0.2) is 24.4 Å². The summed E-state index contributed by atoms with van der Waals surface area (Å²) in [5, 5.41) is 6.96. The van der Waals surface area contributed by atoms with E-state index in [1.165, 1.54) is 0 Å². The molecule has 0 aromatic heterocycles. The van der Waals surface area contributed by atoms with Crippen molar-refractivity contribution in [2.75, 3.05) is 18.5 Å². The highest BCUT2D eigenvalue weighted by Gasteiger charge is 2.15. The Hall–Kier alpha value is -0.650. The topological polar surface area (TPSA) is 33.3 Å². The lowest BCUT2D eigenvalue weighted by Crippen LogP contribution is -2.34. The molecule has 17 heavy (non-hydrogen) atoms. The van der Waals surface area contributed by atoms with Gasteiger partial charge in [-0.25, -0.2) is 0 Å². The van der Waals surface area contributed by atoms with Crippen molar-refractivity contribution in [1.29, 1.82) is 0 Å². The Bertz CT molecular complexity index is 394. The number of rotatable bonds is 3. The zero-order valence-corrected chi connectivity index (χ0v) is 11.8. The van der Waals surface area contributed by atoms with E-state index in [0.717, 1.165) is 36.2 Å². The highest BCUT2D eigenvalue weighted by atomic mass is 79.9. The fourth-order valence-corrected chi connectivity index (χ4v) is 2.32. The van der Waals surface area contributed by atoms with Crippen LogP contribution in [0.5, 0.6) is 0 Å². The van der Waals surface area contributed by atoms with Gasteiger partial charge in [0.1, 0.15) is 0 Å². The summed E-state index contributed by atoms with van der Waals surface area (Å²) in [6, 6.07) is 7.89. The van der Waals surface area contributed by atoms with E-state index in [0.29, 0.717) is 11.2 Å². The van der Waals surface area contributed by atoms with Gasteiger partial charge in [-0.2, -0.15) is 0 Å². The Labute approximate surface area is 115 Å². The molecule has 0 amide bonds. The molecule has 1 heterocycles. The number of hydrogen-bond donors (Lipinski definition) is 2. The fourth-order valence-electron chi connectivity index (χ4n) is 1.74. The SMILES string of the molecule is S=C(NCC1CCCO1)Nc1ccccc1Br. The molecule has 1 unspecified atom stereocenters. The number of nitrogens with one attached hydrogen (secondary N) is 2.